The summed E-state index contributed by atoms with van der Waals surface area (Å²) in [6.45, 7) is 2.07. The average molecular weight is 293 g/mol. The van der Waals surface area contributed by atoms with Crippen LogP contribution in [-0.4, -0.2) is 11.1 Å². The van der Waals surface area contributed by atoms with Crippen LogP contribution >= 0.6 is 0 Å². The summed E-state index contributed by atoms with van der Waals surface area (Å²) in [6, 6.07) is 6.93. The SMILES string of the molecule is C/C=C\CCCC(=O)OCc1ccc(CO[N+](=O)[O-])cc1. The van der Waals surface area contributed by atoms with Crippen molar-refractivity contribution < 1.29 is 19.5 Å². The van der Waals surface area contributed by atoms with E-state index in [4.69, 9.17) is 4.74 Å². The highest BCUT2D eigenvalue weighted by Gasteiger charge is 2.03. The van der Waals surface area contributed by atoms with Gasteiger partial charge in [-0.15, -0.1) is 10.1 Å². The summed E-state index contributed by atoms with van der Waals surface area (Å²) < 4.78 is 5.14. The van der Waals surface area contributed by atoms with E-state index < -0.39 is 5.09 Å². The van der Waals surface area contributed by atoms with Gasteiger partial charge in [0.1, 0.15) is 13.2 Å². The number of hydrogen-bond acceptors (Lipinski definition) is 5. The van der Waals surface area contributed by atoms with Crippen LogP contribution in [0.1, 0.15) is 37.3 Å². The number of benzene rings is 1. The van der Waals surface area contributed by atoms with Gasteiger partial charge >= 0.3 is 5.97 Å². The van der Waals surface area contributed by atoms with Crippen molar-refractivity contribution in [1.29, 1.82) is 0 Å². The smallest absolute Gasteiger partial charge is 0.306 e. The minimum absolute atomic E-state index is 0.0853. The van der Waals surface area contributed by atoms with Crippen molar-refractivity contribution in [1.82, 2.24) is 0 Å². The number of allylic oxidation sites excluding steroid dienone is 2. The van der Waals surface area contributed by atoms with E-state index in [1.165, 1.54) is 0 Å². The number of nitrogens with zero attached hydrogens (tertiary/aromatic N) is 1. The standard InChI is InChI=1S/C15H19NO5/c1-2-3-4-5-6-15(17)20-11-13-7-9-14(10-8-13)12-21-16(18)19/h2-3,7-10H,4-6,11-12H2,1H3/b3-2-. The lowest BCUT2D eigenvalue weighted by atomic mass is 10.1. The first-order valence-electron chi connectivity index (χ1n) is 6.73. The number of rotatable bonds is 9. The van der Waals surface area contributed by atoms with E-state index in [9.17, 15) is 14.9 Å². The fraction of sp³-hybridized carbons (Fsp3) is 0.400. The maximum Gasteiger partial charge on any atom is 0.306 e. The summed E-state index contributed by atoms with van der Waals surface area (Å²) in [5.74, 6) is -0.222. The number of carbonyl (C=O) groups is 1. The molecule has 0 aliphatic heterocycles. The van der Waals surface area contributed by atoms with Gasteiger partial charge < -0.3 is 9.57 Å². The Kier molecular flexibility index (Phi) is 7.56. The topological polar surface area (TPSA) is 78.7 Å². The minimum atomic E-state index is -0.830. The first-order valence-corrected chi connectivity index (χ1v) is 6.73. The number of ether oxygens (including phenoxy) is 1. The molecule has 0 fully saturated rings. The molecule has 0 aliphatic carbocycles. The van der Waals surface area contributed by atoms with Gasteiger partial charge in [0, 0.05) is 6.42 Å². The Morgan fingerprint density at radius 3 is 2.43 bits per heavy atom. The Morgan fingerprint density at radius 1 is 1.24 bits per heavy atom. The van der Waals surface area contributed by atoms with Crippen molar-refractivity contribution in [2.24, 2.45) is 0 Å². The third kappa shape index (κ3) is 7.71. The van der Waals surface area contributed by atoms with E-state index in [0.29, 0.717) is 12.0 Å². The number of esters is 1. The summed E-state index contributed by atoms with van der Waals surface area (Å²) in [7, 11) is 0. The second kappa shape index (κ2) is 9.52. The Labute approximate surface area is 123 Å². The normalized spacial score (nSPS) is 10.5. The first kappa shape index (κ1) is 16.7. The highest BCUT2D eigenvalue weighted by Crippen LogP contribution is 2.08. The Balaban J connectivity index is 2.28. The molecule has 0 N–H and O–H groups in total. The zero-order valence-electron chi connectivity index (χ0n) is 12.0. The second-order valence-corrected chi connectivity index (χ2v) is 4.44. The van der Waals surface area contributed by atoms with Crippen molar-refractivity contribution in [3.8, 4) is 0 Å². The Hall–Kier alpha value is -2.37. The zero-order valence-corrected chi connectivity index (χ0v) is 12.0. The molecule has 0 bridgehead atoms. The number of unbranched alkanes of at least 4 members (excludes halogenated alkanes) is 1. The van der Waals surface area contributed by atoms with Gasteiger partial charge in [0.25, 0.3) is 5.09 Å². The lowest BCUT2D eigenvalue weighted by Gasteiger charge is -2.05. The molecular weight excluding hydrogens is 274 g/mol. The van der Waals surface area contributed by atoms with Crippen LogP contribution in [-0.2, 0) is 27.6 Å². The fourth-order valence-electron chi connectivity index (χ4n) is 1.63. The highest BCUT2D eigenvalue weighted by atomic mass is 16.9. The third-order valence-electron chi connectivity index (χ3n) is 2.75. The first-order chi connectivity index (χ1) is 10.1. The molecule has 1 aromatic rings. The van der Waals surface area contributed by atoms with Crippen molar-refractivity contribution in [3.63, 3.8) is 0 Å². The molecule has 1 rings (SSSR count). The van der Waals surface area contributed by atoms with E-state index in [0.717, 1.165) is 18.4 Å². The molecule has 6 nitrogen and oxygen atoms in total. The van der Waals surface area contributed by atoms with E-state index in [-0.39, 0.29) is 19.2 Å². The molecule has 0 amide bonds. The molecular formula is C15H19NO5. The van der Waals surface area contributed by atoms with Gasteiger partial charge in [-0.3, -0.25) is 4.79 Å². The maximum absolute atomic E-state index is 11.5. The zero-order chi connectivity index (χ0) is 15.5. The molecule has 6 heteroatoms. The molecule has 0 saturated heterocycles. The number of carbonyl (C=O) groups excluding carboxylic acids is 1. The van der Waals surface area contributed by atoms with Gasteiger partial charge in [-0.2, -0.15) is 0 Å². The predicted molar refractivity (Wildman–Crippen MR) is 76.7 cm³/mol. The molecule has 0 unspecified atom stereocenters. The van der Waals surface area contributed by atoms with Crippen LogP contribution < -0.4 is 0 Å². The Morgan fingerprint density at radius 2 is 1.86 bits per heavy atom. The van der Waals surface area contributed by atoms with Gasteiger partial charge in [0.15, 0.2) is 0 Å². The van der Waals surface area contributed by atoms with Crippen molar-refractivity contribution in [2.45, 2.75) is 39.4 Å². The molecule has 0 spiro atoms. The number of hydrogen-bond donors (Lipinski definition) is 0. The van der Waals surface area contributed by atoms with E-state index in [1.807, 2.05) is 19.1 Å². The van der Waals surface area contributed by atoms with E-state index in [2.05, 4.69) is 4.84 Å². The third-order valence-corrected chi connectivity index (χ3v) is 2.75. The van der Waals surface area contributed by atoms with Gasteiger partial charge in [0.2, 0.25) is 0 Å². The minimum Gasteiger partial charge on any atom is -0.461 e. The van der Waals surface area contributed by atoms with Crippen LogP contribution in [0.5, 0.6) is 0 Å². The van der Waals surface area contributed by atoms with Crippen LogP contribution in [0.3, 0.4) is 0 Å². The molecule has 1 aromatic carbocycles. The molecule has 0 heterocycles. The monoisotopic (exact) mass is 293 g/mol. The van der Waals surface area contributed by atoms with Crippen molar-refractivity contribution >= 4 is 5.97 Å². The summed E-state index contributed by atoms with van der Waals surface area (Å²) in [5.41, 5.74) is 1.52. The lowest BCUT2D eigenvalue weighted by molar-refractivity contribution is -0.763. The quantitative estimate of drug-likeness (QED) is 0.230. The van der Waals surface area contributed by atoms with Gasteiger partial charge in [-0.25, -0.2) is 0 Å². The van der Waals surface area contributed by atoms with Gasteiger partial charge in [-0.1, -0.05) is 36.4 Å². The maximum atomic E-state index is 11.5. The molecule has 114 valence electrons. The molecule has 21 heavy (non-hydrogen) atoms. The van der Waals surface area contributed by atoms with Crippen LogP contribution in [0.25, 0.3) is 0 Å². The van der Waals surface area contributed by atoms with E-state index in [1.54, 1.807) is 24.3 Å². The average Bonchev–Trinajstić information content (AvgIpc) is 2.48. The summed E-state index contributed by atoms with van der Waals surface area (Å²) in [6.07, 6.45) is 6.02. The fourth-order valence-corrected chi connectivity index (χ4v) is 1.63. The lowest BCUT2D eigenvalue weighted by Crippen LogP contribution is -2.04. The molecule has 0 atom stereocenters. The molecule has 0 aliphatic rings. The van der Waals surface area contributed by atoms with Crippen molar-refractivity contribution in [3.05, 3.63) is 57.7 Å². The van der Waals surface area contributed by atoms with Gasteiger partial charge in [-0.05, 0) is 30.9 Å². The largest absolute Gasteiger partial charge is 0.461 e. The Bertz CT molecular complexity index is 481. The van der Waals surface area contributed by atoms with Crippen LogP contribution in [0, 0.1) is 10.1 Å². The van der Waals surface area contributed by atoms with Crippen LogP contribution in [0.15, 0.2) is 36.4 Å². The van der Waals surface area contributed by atoms with E-state index >= 15 is 0 Å². The second-order valence-electron chi connectivity index (χ2n) is 4.44. The summed E-state index contributed by atoms with van der Waals surface area (Å²) >= 11 is 0. The highest BCUT2D eigenvalue weighted by molar-refractivity contribution is 5.69. The molecule has 0 aromatic heterocycles. The van der Waals surface area contributed by atoms with Crippen LogP contribution in [0.4, 0.5) is 0 Å². The van der Waals surface area contributed by atoms with Crippen LogP contribution in [0.2, 0.25) is 0 Å². The van der Waals surface area contributed by atoms with Gasteiger partial charge in [0.05, 0.1) is 0 Å². The van der Waals surface area contributed by atoms with Crippen molar-refractivity contribution in [2.75, 3.05) is 0 Å². The summed E-state index contributed by atoms with van der Waals surface area (Å²) in [5, 5.41) is 9.24. The molecule has 0 radical (unpaired) electrons. The summed E-state index contributed by atoms with van der Waals surface area (Å²) in [4.78, 5) is 25.8. The predicted octanol–water partition coefficient (Wildman–Crippen LogP) is 3.18. The molecule has 0 saturated carbocycles.